The van der Waals surface area contributed by atoms with Crippen molar-refractivity contribution in [3.63, 3.8) is 0 Å². The molecule has 0 atom stereocenters. The lowest BCUT2D eigenvalue weighted by Gasteiger charge is -2.02. The van der Waals surface area contributed by atoms with E-state index in [1.807, 2.05) is 60.7 Å². The fraction of sp³-hybridized carbons (Fsp3) is 0. The topological polar surface area (TPSA) is 72.0 Å². The fourth-order valence-corrected chi connectivity index (χ4v) is 2.73. The van der Waals surface area contributed by atoms with E-state index in [1.165, 1.54) is 6.07 Å². The van der Waals surface area contributed by atoms with E-state index >= 15 is 0 Å². The van der Waals surface area contributed by atoms with Crippen LogP contribution in [-0.2, 0) is 0 Å². The summed E-state index contributed by atoms with van der Waals surface area (Å²) >= 11 is 0. The highest BCUT2D eigenvalue weighted by atomic mass is 16.3. The van der Waals surface area contributed by atoms with Gasteiger partial charge < -0.3 is 4.42 Å². The van der Waals surface area contributed by atoms with Crippen LogP contribution in [0.25, 0.3) is 22.3 Å². The fourth-order valence-electron chi connectivity index (χ4n) is 2.73. The van der Waals surface area contributed by atoms with Crippen molar-refractivity contribution in [2.75, 3.05) is 0 Å². The van der Waals surface area contributed by atoms with Crippen molar-refractivity contribution in [2.45, 2.75) is 0 Å². The minimum Gasteiger partial charge on any atom is -0.456 e. The lowest BCUT2D eigenvalue weighted by Crippen LogP contribution is -2.19. The first-order valence-electron chi connectivity index (χ1n) is 8.35. The normalized spacial score (nSPS) is 11.8. The second kappa shape index (κ2) is 7.17. The molecule has 1 aliphatic rings. The standard InChI is InChI=1S/C15H10O2.C7H4N2O/c16-13-10-15(11-6-2-1-3-7-11)17-14-9-5-4-8-12(13)14;10-7-8-5-3-1-2-4-6(5)9-7/h1-10H;1-4H. The maximum absolute atomic E-state index is 11.9. The summed E-state index contributed by atoms with van der Waals surface area (Å²) in [4.78, 5) is 29.8. The number of carbonyl (C=O) groups is 1. The largest absolute Gasteiger partial charge is 0.456 e. The Kier molecular flexibility index (Phi) is 4.41. The number of amides is 2. The zero-order chi connectivity index (χ0) is 18.6. The number of benzene rings is 3. The van der Waals surface area contributed by atoms with Gasteiger partial charge in [-0.05, 0) is 24.3 Å². The predicted molar refractivity (Wildman–Crippen MR) is 102 cm³/mol. The molecule has 0 saturated heterocycles. The van der Waals surface area contributed by atoms with Crippen molar-refractivity contribution < 1.29 is 9.21 Å². The van der Waals surface area contributed by atoms with Crippen LogP contribution in [0.5, 0.6) is 0 Å². The molecule has 5 heteroatoms. The van der Waals surface area contributed by atoms with Crippen molar-refractivity contribution in [1.29, 1.82) is 0 Å². The Morgan fingerprint density at radius 2 is 1.26 bits per heavy atom. The van der Waals surface area contributed by atoms with Gasteiger partial charge in [0, 0.05) is 11.6 Å². The molecule has 5 nitrogen and oxygen atoms in total. The third-order valence-corrected chi connectivity index (χ3v) is 4.01. The van der Waals surface area contributed by atoms with Crippen LogP contribution < -0.4 is 16.1 Å². The number of hydrogen-bond acceptors (Lipinski definition) is 3. The molecule has 0 unspecified atom stereocenters. The molecule has 0 spiro atoms. The SMILES string of the molecule is O=C1N=c2ccccc2=N1.O=c1cc(-c2ccccc2)oc2ccccc12. The molecule has 5 rings (SSSR count). The molecule has 3 aromatic carbocycles. The van der Waals surface area contributed by atoms with E-state index in [0.29, 0.717) is 27.4 Å². The van der Waals surface area contributed by atoms with Gasteiger partial charge >= 0.3 is 6.03 Å². The van der Waals surface area contributed by atoms with Crippen LogP contribution >= 0.6 is 0 Å². The summed E-state index contributed by atoms with van der Waals surface area (Å²) in [7, 11) is 0. The number of rotatable bonds is 1. The summed E-state index contributed by atoms with van der Waals surface area (Å²) in [6, 6.07) is 25.2. The molecule has 2 amide bonds. The molecule has 27 heavy (non-hydrogen) atoms. The minimum atomic E-state index is -0.402. The molecule has 1 aliphatic heterocycles. The van der Waals surface area contributed by atoms with Crippen molar-refractivity contribution in [1.82, 2.24) is 0 Å². The van der Waals surface area contributed by atoms with E-state index in [-0.39, 0.29) is 5.43 Å². The Balaban J connectivity index is 0.000000153. The van der Waals surface area contributed by atoms with Crippen molar-refractivity contribution in [3.8, 4) is 11.3 Å². The van der Waals surface area contributed by atoms with Gasteiger partial charge in [-0.1, -0.05) is 54.6 Å². The van der Waals surface area contributed by atoms with Crippen molar-refractivity contribution in [2.24, 2.45) is 9.98 Å². The van der Waals surface area contributed by atoms with Crippen LogP contribution in [0.2, 0.25) is 0 Å². The molecular formula is C22H14N2O3. The summed E-state index contributed by atoms with van der Waals surface area (Å²) in [5, 5.41) is 1.96. The first-order valence-corrected chi connectivity index (χ1v) is 8.35. The molecule has 0 saturated carbocycles. The number of nitrogens with zero attached hydrogens (tertiary/aromatic N) is 2. The lowest BCUT2D eigenvalue weighted by atomic mass is 10.1. The number of fused-ring (bicyclic) bond motifs is 2. The number of para-hydroxylation sites is 3. The van der Waals surface area contributed by atoms with E-state index in [4.69, 9.17) is 4.42 Å². The van der Waals surface area contributed by atoms with Crippen molar-refractivity contribution >= 4 is 17.0 Å². The maximum atomic E-state index is 11.9. The second-order valence-electron chi connectivity index (χ2n) is 5.83. The number of urea groups is 1. The highest BCUT2D eigenvalue weighted by molar-refractivity contribution is 5.78. The average molecular weight is 354 g/mol. The predicted octanol–water partition coefficient (Wildman–Crippen LogP) is 3.52. The van der Waals surface area contributed by atoms with Gasteiger partial charge in [-0.3, -0.25) is 4.79 Å². The number of carbonyl (C=O) groups excluding carboxylic acids is 1. The first-order chi connectivity index (χ1) is 13.2. The van der Waals surface area contributed by atoms with E-state index in [1.54, 1.807) is 18.2 Å². The zero-order valence-electron chi connectivity index (χ0n) is 14.2. The van der Waals surface area contributed by atoms with Gasteiger partial charge in [0.2, 0.25) is 0 Å². The van der Waals surface area contributed by atoms with Crippen molar-refractivity contribution in [3.05, 3.63) is 106 Å². The van der Waals surface area contributed by atoms with Crippen LogP contribution in [0.3, 0.4) is 0 Å². The quantitative estimate of drug-likeness (QED) is 0.525. The molecule has 1 aromatic heterocycles. The molecule has 2 heterocycles. The van der Waals surface area contributed by atoms with Gasteiger partial charge in [-0.25, -0.2) is 4.79 Å². The Morgan fingerprint density at radius 3 is 1.96 bits per heavy atom. The molecular weight excluding hydrogens is 340 g/mol. The zero-order valence-corrected chi connectivity index (χ0v) is 14.2. The summed E-state index contributed by atoms with van der Waals surface area (Å²) in [6.07, 6.45) is 0. The average Bonchev–Trinajstić information content (AvgIpc) is 3.09. The third-order valence-electron chi connectivity index (χ3n) is 4.01. The summed E-state index contributed by atoms with van der Waals surface area (Å²) < 4.78 is 5.73. The first kappa shape index (κ1) is 16.6. The number of hydrogen-bond donors (Lipinski definition) is 0. The highest BCUT2D eigenvalue weighted by Crippen LogP contribution is 2.21. The molecule has 4 aromatic rings. The molecule has 0 radical (unpaired) electrons. The molecule has 0 aliphatic carbocycles. The Bertz CT molecular complexity index is 1270. The van der Waals surface area contributed by atoms with Crippen LogP contribution in [0.1, 0.15) is 0 Å². The summed E-state index contributed by atoms with van der Waals surface area (Å²) in [5.41, 5.74) is 1.53. The highest BCUT2D eigenvalue weighted by Gasteiger charge is 2.05. The molecule has 130 valence electrons. The van der Waals surface area contributed by atoms with Crippen LogP contribution in [-0.4, -0.2) is 6.03 Å². The smallest absolute Gasteiger partial charge is 0.368 e. The summed E-state index contributed by atoms with van der Waals surface area (Å²) in [5.74, 6) is 0.606. The molecule has 0 fully saturated rings. The Morgan fingerprint density at radius 1 is 0.667 bits per heavy atom. The minimum absolute atomic E-state index is 0.00861. The molecule has 0 N–H and O–H groups in total. The molecule has 0 bridgehead atoms. The second-order valence-corrected chi connectivity index (χ2v) is 5.83. The monoisotopic (exact) mass is 354 g/mol. The summed E-state index contributed by atoms with van der Waals surface area (Å²) in [6.45, 7) is 0. The third kappa shape index (κ3) is 3.57. The van der Waals surface area contributed by atoms with Gasteiger partial charge in [-0.2, -0.15) is 9.98 Å². The Labute approximate surface area is 154 Å². The van der Waals surface area contributed by atoms with E-state index in [2.05, 4.69) is 9.98 Å². The Hall–Kier alpha value is -3.86. The van der Waals surface area contributed by atoms with E-state index in [0.717, 1.165) is 5.56 Å². The van der Waals surface area contributed by atoms with Crippen LogP contribution in [0.4, 0.5) is 4.79 Å². The van der Waals surface area contributed by atoms with E-state index in [9.17, 15) is 9.59 Å². The van der Waals surface area contributed by atoms with Gasteiger partial charge in [0.1, 0.15) is 11.3 Å². The van der Waals surface area contributed by atoms with Gasteiger partial charge in [-0.15, -0.1) is 0 Å². The van der Waals surface area contributed by atoms with Gasteiger partial charge in [0.25, 0.3) is 0 Å². The van der Waals surface area contributed by atoms with Crippen LogP contribution in [0, 0.1) is 0 Å². The lowest BCUT2D eigenvalue weighted by molar-refractivity contribution is 0.256. The van der Waals surface area contributed by atoms with Gasteiger partial charge in [0.15, 0.2) is 5.43 Å². The maximum Gasteiger partial charge on any atom is 0.368 e. The van der Waals surface area contributed by atoms with Crippen LogP contribution in [0.15, 0.2) is 104 Å². The van der Waals surface area contributed by atoms with E-state index < -0.39 is 6.03 Å². The van der Waals surface area contributed by atoms with Gasteiger partial charge in [0.05, 0.1) is 16.1 Å².